The lowest BCUT2D eigenvalue weighted by Crippen LogP contribution is -2.39. The summed E-state index contributed by atoms with van der Waals surface area (Å²) in [6.45, 7) is 1.68. The summed E-state index contributed by atoms with van der Waals surface area (Å²) in [6, 6.07) is 0.368. The normalized spacial score (nSPS) is 21.0. The van der Waals surface area contributed by atoms with E-state index >= 15 is 0 Å². The van der Waals surface area contributed by atoms with E-state index < -0.39 is 9.84 Å². The molecule has 1 unspecified atom stereocenters. The Kier molecular flexibility index (Phi) is 4.73. The van der Waals surface area contributed by atoms with Crippen molar-refractivity contribution < 1.29 is 13.2 Å². The highest BCUT2D eigenvalue weighted by molar-refractivity contribution is 7.90. The molecule has 6 heteroatoms. The van der Waals surface area contributed by atoms with Crippen molar-refractivity contribution in [1.82, 2.24) is 10.2 Å². The summed E-state index contributed by atoms with van der Waals surface area (Å²) in [5, 5.41) is 3.30. The number of sulfone groups is 1. The minimum absolute atomic E-state index is 0.0612. The van der Waals surface area contributed by atoms with Gasteiger partial charge in [0, 0.05) is 32.3 Å². The van der Waals surface area contributed by atoms with Gasteiger partial charge in [0.05, 0.1) is 5.75 Å². The van der Waals surface area contributed by atoms with Crippen LogP contribution in [0.25, 0.3) is 0 Å². The van der Waals surface area contributed by atoms with Crippen LogP contribution in [0, 0.1) is 0 Å². The van der Waals surface area contributed by atoms with Gasteiger partial charge in [0.1, 0.15) is 9.84 Å². The first-order valence-corrected chi connectivity index (χ1v) is 7.59. The van der Waals surface area contributed by atoms with Crippen LogP contribution in [0.5, 0.6) is 0 Å². The van der Waals surface area contributed by atoms with Gasteiger partial charge in [-0.05, 0) is 19.4 Å². The lowest BCUT2D eigenvalue weighted by atomic mass is 10.2. The molecule has 0 aromatic heterocycles. The maximum Gasteiger partial charge on any atom is 0.223 e. The van der Waals surface area contributed by atoms with E-state index in [1.54, 1.807) is 11.9 Å². The number of hydrogen-bond donors (Lipinski definition) is 1. The number of carbonyl (C=O) groups excluding carboxylic acids is 1. The fraction of sp³-hybridized carbons (Fsp3) is 0.900. The molecule has 0 radical (unpaired) electrons. The van der Waals surface area contributed by atoms with Crippen LogP contribution >= 0.6 is 0 Å². The zero-order chi connectivity index (χ0) is 12.2. The average molecular weight is 248 g/mol. The Morgan fingerprint density at radius 1 is 1.50 bits per heavy atom. The first kappa shape index (κ1) is 13.4. The number of nitrogens with zero attached hydrogens (tertiary/aromatic N) is 1. The van der Waals surface area contributed by atoms with Crippen molar-refractivity contribution in [1.29, 1.82) is 0 Å². The highest BCUT2D eigenvalue weighted by Gasteiger charge is 2.19. The molecule has 1 heterocycles. The molecular formula is C10H20N2O3S. The maximum atomic E-state index is 11.6. The minimum Gasteiger partial charge on any atom is -0.344 e. The van der Waals surface area contributed by atoms with E-state index in [-0.39, 0.29) is 18.1 Å². The van der Waals surface area contributed by atoms with E-state index in [1.165, 1.54) is 0 Å². The van der Waals surface area contributed by atoms with Crippen molar-refractivity contribution in [3.8, 4) is 0 Å². The molecule has 0 aliphatic carbocycles. The van der Waals surface area contributed by atoms with Crippen molar-refractivity contribution >= 4 is 15.7 Å². The lowest BCUT2D eigenvalue weighted by molar-refractivity contribution is -0.129. The van der Waals surface area contributed by atoms with Gasteiger partial charge in [-0.25, -0.2) is 8.42 Å². The van der Waals surface area contributed by atoms with Crippen LogP contribution in [0.1, 0.15) is 19.3 Å². The molecule has 0 aromatic carbocycles. The molecule has 0 aromatic rings. The molecule has 1 rings (SSSR count). The Morgan fingerprint density at radius 3 is 2.69 bits per heavy atom. The van der Waals surface area contributed by atoms with E-state index in [9.17, 15) is 13.2 Å². The van der Waals surface area contributed by atoms with Crippen molar-refractivity contribution in [3.63, 3.8) is 0 Å². The number of amides is 1. The Hall–Kier alpha value is -0.620. The second-order valence-corrected chi connectivity index (χ2v) is 6.71. The molecule has 1 N–H and O–H groups in total. The third-order valence-corrected chi connectivity index (χ3v) is 3.71. The van der Waals surface area contributed by atoms with Gasteiger partial charge in [0.15, 0.2) is 0 Å². The van der Waals surface area contributed by atoms with Gasteiger partial charge >= 0.3 is 0 Å². The number of carbonyl (C=O) groups is 1. The van der Waals surface area contributed by atoms with Crippen molar-refractivity contribution in [2.45, 2.75) is 25.3 Å². The van der Waals surface area contributed by atoms with Crippen LogP contribution in [0.4, 0.5) is 0 Å². The number of rotatable bonds is 5. The molecule has 1 saturated heterocycles. The monoisotopic (exact) mass is 248 g/mol. The van der Waals surface area contributed by atoms with Gasteiger partial charge in [-0.3, -0.25) is 4.79 Å². The molecule has 94 valence electrons. The van der Waals surface area contributed by atoms with Crippen LogP contribution in [0.15, 0.2) is 0 Å². The second kappa shape index (κ2) is 5.63. The summed E-state index contributed by atoms with van der Waals surface area (Å²) in [7, 11) is -1.32. The molecule has 0 saturated carbocycles. The highest BCUT2D eigenvalue weighted by atomic mass is 32.2. The van der Waals surface area contributed by atoms with Gasteiger partial charge in [-0.2, -0.15) is 0 Å². The zero-order valence-corrected chi connectivity index (χ0v) is 10.7. The van der Waals surface area contributed by atoms with E-state index in [0.717, 1.165) is 25.6 Å². The van der Waals surface area contributed by atoms with E-state index in [4.69, 9.17) is 0 Å². The van der Waals surface area contributed by atoms with Crippen LogP contribution in [0.3, 0.4) is 0 Å². The fourth-order valence-corrected chi connectivity index (χ4v) is 2.35. The van der Waals surface area contributed by atoms with Crippen molar-refractivity contribution in [2.75, 3.05) is 32.1 Å². The Labute approximate surface area is 97.1 Å². The van der Waals surface area contributed by atoms with Crippen molar-refractivity contribution in [3.05, 3.63) is 0 Å². The van der Waals surface area contributed by atoms with Gasteiger partial charge in [-0.1, -0.05) is 0 Å². The van der Waals surface area contributed by atoms with Gasteiger partial charge in [0.2, 0.25) is 5.91 Å². The SMILES string of the molecule is CN(CC1CCCN1)C(=O)CCS(C)(=O)=O. The van der Waals surface area contributed by atoms with Crippen LogP contribution in [-0.2, 0) is 14.6 Å². The highest BCUT2D eigenvalue weighted by Crippen LogP contribution is 2.06. The largest absolute Gasteiger partial charge is 0.344 e. The summed E-state index contributed by atoms with van der Waals surface area (Å²) in [4.78, 5) is 13.2. The van der Waals surface area contributed by atoms with Crippen LogP contribution in [-0.4, -0.2) is 57.4 Å². The topological polar surface area (TPSA) is 66.5 Å². The molecule has 1 fully saturated rings. The number of nitrogens with one attached hydrogen (secondary N) is 1. The van der Waals surface area contributed by atoms with E-state index in [0.29, 0.717) is 12.6 Å². The maximum absolute atomic E-state index is 11.6. The molecule has 5 nitrogen and oxygen atoms in total. The Morgan fingerprint density at radius 2 is 2.19 bits per heavy atom. The smallest absolute Gasteiger partial charge is 0.223 e. The number of likely N-dealkylation sites (N-methyl/N-ethyl adjacent to an activating group) is 1. The molecule has 1 amide bonds. The third kappa shape index (κ3) is 4.94. The predicted octanol–water partition coefficient (Wildman–Crippen LogP) is -0.368. The fourth-order valence-electron chi connectivity index (χ4n) is 1.81. The molecule has 16 heavy (non-hydrogen) atoms. The third-order valence-electron chi connectivity index (χ3n) is 2.77. The summed E-state index contributed by atoms with van der Waals surface area (Å²) in [5.74, 6) is -0.159. The first-order valence-electron chi connectivity index (χ1n) is 5.53. The molecular weight excluding hydrogens is 228 g/mol. The van der Waals surface area contributed by atoms with Gasteiger partial charge in [0.25, 0.3) is 0 Å². The van der Waals surface area contributed by atoms with Gasteiger partial charge in [-0.15, -0.1) is 0 Å². The molecule has 0 spiro atoms. The van der Waals surface area contributed by atoms with E-state index in [2.05, 4.69) is 5.32 Å². The number of hydrogen-bond acceptors (Lipinski definition) is 4. The van der Waals surface area contributed by atoms with Crippen molar-refractivity contribution in [2.24, 2.45) is 0 Å². The molecule has 1 atom stereocenters. The summed E-state index contributed by atoms with van der Waals surface area (Å²) in [6.07, 6.45) is 3.47. The zero-order valence-electron chi connectivity index (χ0n) is 9.90. The molecule has 1 aliphatic rings. The molecule has 1 aliphatic heterocycles. The quantitative estimate of drug-likeness (QED) is 0.721. The predicted molar refractivity (Wildman–Crippen MR) is 63.0 cm³/mol. The minimum atomic E-state index is -3.04. The second-order valence-electron chi connectivity index (χ2n) is 4.45. The molecule has 0 bridgehead atoms. The van der Waals surface area contributed by atoms with E-state index in [1.807, 2.05) is 0 Å². The van der Waals surface area contributed by atoms with Gasteiger partial charge < -0.3 is 10.2 Å². The first-order chi connectivity index (χ1) is 7.38. The van der Waals surface area contributed by atoms with Crippen LogP contribution in [0.2, 0.25) is 0 Å². The summed E-state index contributed by atoms with van der Waals surface area (Å²) >= 11 is 0. The summed E-state index contributed by atoms with van der Waals surface area (Å²) in [5.41, 5.74) is 0. The van der Waals surface area contributed by atoms with Crippen LogP contribution < -0.4 is 5.32 Å². The average Bonchev–Trinajstić information content (AvgIpc) is 2.65. The lowest BCUT2D eigenvalue weighted by Gasteiger charge is -2.21. The summed E-state index contributed by atoms with van der Waals surface area (Å²) < 4.78 is 21.8. The Bertz CT molecular complexity index is 334. The Balaban J connectivity index is 2.29. The standard InChI is InChI=1S/C10H20N2O3S/c1-12(8-9-4-3-6-11-9)10(13)5-7-16(2,14)15/h9,11H,3-8H2,1-2H3.